The lowest BCUT2D eigenvalue weighted by Gasteiger charge is -2.42. The lowest BCUT2D eigenvalue weighted by molar-refractivity contribution is -0.135. The van der Waals surface area contributed by atoms with Crippen LogP contribution in [0.3, 0.4) is 0 Å². The van der Waals surface area contributed by atoms with Crippen molar-refractivity contribution in [2.24, 2.45) is 20.0 Å². The molecule has 0 radical (unpaired) electrons. The van der Waals surface area contributed by atoms with E-state index in [1.54, 1.807) is 11.6 Å². The standard InChI is InChI=1S/C54H67N11O5/c1-35-32-61(33-38-5-11-45-48(29-38)60(4)54(70)65(45)46-12-14-50(67)58-52(46)68)26-27-64(35)34-37-16-22-63(23-17-37)53(69)41-8-6-39(7-9-41)40-18-24-62(25-19-40)36(2)47-30-44-43(15-20-56-51(44)59(47)3)42-10-13-49(57-31-42)55-21-28-66/h5-11,13,15,20,29-31,35-37,40,46,66H,12,14,16-19,21-28,32-34H2,1-4H3,(H,55,57)(H,58,67,68)/t35-,36-,46?/m0/s1. The van der Waals surface area contributed by atoms with Crippen molar-refractivity contribution >= 4 is 45.6 Å². The largest absolute Gasteiger partial charge is 0.395 e. The lowest BCUT2D eigenvalue weighted by atomic mass is 9.88. The highest BCUT2D eigenvalue weighted by atomic mass is 16.3. The van der Waals surface area contributed by atoms with Gasteiger partial charge in [0.15, 0.2) is 0 Å². The van der Waals surface area contributed by atoms with Crippen molar-refractivity contribution in [1.82, 2.24) is 48.6 Å². The van der Waals surface area contributed by atoms with Gasteiger partial charge in [-0.05, 0) is 136 Å². The Kier molecular flexibility index (Phi) is 13.7. The number of amides is 3. The zero-order valence-corrected chi connectivity index (χ0v) is 41.0. The number of hydrogen-bond donors (Lipinski definition) is 3. The van der Waals surface area contributed by atoms with E-state index < -0.39 is 11.9 Å². The molecule has 1 unspecified atom stereocenters. The highest BCUT2D eigenvalue weighted by Crippen LogP contribution is 2.37. The molecule has 0 spiro atoms. The van der Waals surface area contributed by atoms with Crippen molar-refractivity contribution in [2.45, 2.75) is 83.0 Å². The predicted octanol–water partition coefficient (Wildman–Crippen LogP) is 5.67. The van der Waals surface area contributed by atoms with Gasteiger partial charge < -0.3 is 19.9 Å². The summed E-state index contributed by atoms with van der Waals surface area (Å²) in [6, 6.07) is 22.8. The molecule has 10 rings (SSSR count). The SMILES string of the molecule is C[C@H]1CN(Cc2ccc3c(c2)n(C)c(=O)n3C2CCC(=O)NC2=O)CCN1CC1CCN(C(=O)c2ccc(C3CCN([C@@H](C)c4cc5c(-c6ccc(NCCO)nc6)ccnc5n4C)CC3)cc2)CC1. The van der Waals surface area contributed by atoms with E-state index in [0.29, 0.717) is 36.4 Å². The van der Waals surface area contributed by atoms with Gasteiger partial charge in [-0.2, -0.15) is 0 Å². The maximum absolute atomic E-state index is 13.8. The number of likely N-dealkylation sites (tertiary alicyclic amines) is 2. The van der Waals surface area contributed by atoms with E-state index in [2.05, 4.69) is 103 Å². The summed E-state index contributed by atoms with van der Waals surface area (Å²) in [6.07, 6.45) is 8.45. The first-order valence-corrected chi connectivity index (χ1v) is 25.3. The highest BCUT2D eigenvalue weighted by molar-refractivity contribution is 6.00. The maximum atomic E-state index is 13.8. The minimum atomic E-state index is -0.689. The number of aliphatic hydroxyl groups is 1. The first-order valence-electron chi connectivity index (χ1n) is 25.3. The van der Waals surface area contributed by atoms with Gasteiger partial charge in [0.05, 0.1) is 17.6 Å². The van der Waals surface area contributed by atoms with E-state index in [4.69, 9.17) is 10.1 Å². The first-order chi connectivity index (χ1) is 33.9. The number of anilines is 1. The third-order valence-corrected chi connectivity index (χ3v) is 15.9. The number of imide groups is 1. The molecule has 16 nitrogen and oxygen atoms in total. The van der Waals surface area contributed by atoms with Crippen molar-refractivity contribution in [2.75, 3.05) is 70.8 Å². The van der Waals surface area contributed by atoms with Crippen LogP contribution in [0.1, 0.15) is 97.6 Å². The molecule has 4 aliphatic rings. The minimum absolute atomic E-state index is 0.0586. The molecular weight excluding hydrogens is 883 g/mol. The summed E-state index contributed by atoms with van der Waals surface area (Å²) in [5.74, 6) is 1.18. The Labute approximate surface area is 409 Å². The number of nitrogens with one attached hydrogen (secondary N) is 2. The summed E-state index contributed by atoms with van der Waals surface area (Å²) < 4.78 is 5.37. The van der Waals surface area contributed by atoms with Gasteiger partial charge in [-0.3, -0.25) is 43.5 Å². The number of fused-ring (bicyclic) bond motifs is 2. The molecule has 3 N–H and O–H groups in total. The summed E-state index contributed by atoms with van der Waals surface area (Å²) in [6.45, 7) is 13.4. The van der Waals surface area contributed by atoms with Crippen LogP contribution in [0.15, 0.2) is 83.9 Å². The highest BCUT2D eigenvalue weighted by Gasteiger charge is 2.33. The van der Waals surface area contributed by atoms with Crippen molar-refractivity contribution in [1.29, 1.82) is 0 Å². The van der Waals surface area contributed by atoms with Gasteiger partial charge in [0.2, 0.25) is 11.8 Å². The fourth-order valence-electron chi connectivity index (χ4n) is 11.8. The Morgan fingerprint density at radius 3 is 2.36 bits per heavy atom. The summed E-state index contributed by atoms with van der Waals surface area (Å²) >= 11 is 0. The zero-order chi connectivity index (χ0) is 48.6. The summed E-state index contributed by atoms with van der Waals surface area (Å²) in [5, 5.41) is 15.8. The quantitative estimate of drug-likeness (QED) is 0.122. The van der Waals surface area contributed by atoms with E-state index in [-0.39, 0.29) is 36.6 Å². The Hall–Kier alpha value is -6.20. The second-order valence-electron chi connectivity index (χ2n) is 20.2. The summed E-state index contributed by atoms with van der Waals surface area (Å²) in [4.78, 5) is 70.5. The Morgan fingerprint density at radius 1 is 0.857 bits per heavy atom. The molecule has 368 valence electrons. The van der Waals surface area contributed by atoms with E-state index in [0.717, 1.165) is 129 Å². The second-order valence-corrected chi connectivity index (χ2v) is 20.2. The van der Waals surface area contributed by atoms with Crippen molar-refractivity contribution in [3.8, 4) is 11.1 Å². The Bertz CT molecular complexity index is 2930. The van der Waals surface area contributed by atoms with Crippen molar-refractivity contribution in [3.05, 3.63) is 112 Å². The van der Waals surface area contributed by atoms with E-state index in [1.165, 1.54) is 15.8 Å². The number of aryl methyl sites for hydroxylation is 2. The molecule has 2 aromatic carbocycles. The van der Waals surface area contributed by atoms with Crippen LogP contribution in [0.25, 0.3) is 33.2 Å². The van der Waals surface area contributed by atoms with E-state index in [1.807, 2.05) is 36.7 Å². The minimum Gasteiger partial charge on any atom is -0.395 e. The molecule has 3 atom stereocenters. The number of piperidine rings is 3. The molecule has 16 heteroatoms. The molecule has 4 aliphatic heterocycles. The van der Waals surface area contributed by atoms with Crippen LogP contribution in [-0.2, 0) is 30.2 Å². The van der Waals surface area contributed by atoms with Crippen LogP contribution in [-0.4, -0.2) is 138 Å². The topological polar surface area (TPSA) is 166 Å². The van der Waals surface area contributed by atoms with Gasteiger partial charge in [-0.15, -0.1) is 0 Å². The van der Waals surface area contributed by atoms with Crippen LogP contribution in [0.2, 0.25) is 0 Å². The van der Waals surface area contributed by atoms with Crippen LogP contribution in [0, 0.1) is 5.92 Å². The number of benzene rings is 2. The van der Waals surface area contributed by atoms with Crippen LogP contribution >= 0.6 is 0 Å². The van der Waals surface area contributed by atoms with Crippen LogP contribution < -0.4 is 16.3 Å². The number of aliphatic hydroxyl groups excluding tert-OH is 1. The fraction of sp³-hybridized carbons (Fsp3) is 0.481. The number of carbonyl (C=O) groups excluding carboxylic acids is 3. The molecule has 4 saturated heterocycles. The van der Waals surface area contributed by atoms with Gasteiger partial charge in [0.1, 0.15) is 17.5 Å². The summed E-state index contributed by atoms with van der Waals surface area (Å²) in [5.41, 5.74) is 8.80. The average Bonchev–Trinajstić information content (AvgIpc) is 3.85. The summed E-state index contributed by atoms with van der Waals surface area (Å²) in [7, 11) is 3.85. The molecule has 4 fully saturated rings. The van der Waals surface area contributed by atoms with Gasteiger partial charge in [-0.25, -0.2) is 14.8 Å². The van der Waals surface area contributed by atoms with Crippen molar-refractivity contribution in [3.63, 3.8) is 0 Å². The Balaban J connectivity index is 0.677. The molecule has 0 bridgehead atoms. The Morgan fingerprint density at radius 2 is 1.64 bits per heavy atom. The van der Waals surface area contributed by atoms with Gasteiger partial charge in [0.25, 0.3) is 5.91 Å². The van der Waals surface area contributed by atoms with Crippen LogP contribution in [0.4, 0.5) is 5.82 Å². The van der Waals surface area contributed by atoms with Crippen molar-refractivity contribution < 1.29 is 19.5 Å². The molecule has 4 aromatic heterocycles. The number of pyridine rings is 2. The van der Waals surface area contributed by atoms with E-state index in [9.17, 15) is 19.2 Å². The number of imidazole rings is 1. The third-order valence-electron chi connectivity index (χ3n) is 15.9. The molecule has 0 saturated carbocycles. The smallest absolute Gasteiger partial charge is 0.329 e. The molecule has 6 aromatic rings. The molecule has 70 heavy (non-hydrogen) atoms. The zero-order valence-electron chi connectivity index (χ0n) is 41.0. The number of nitrogens with zero attached hydrogens (tertiary/aromatic N) is 9. The van der Waals surface area contributed by atoms with Gasteiger partial charge in [-0.1, -0.05) is 18.2 Å². The number of carbonyl (C=O) groups is 3. The maximum Gasteiger partial charge on any atom is 0.329 e. The monoisotopic (exact) mass is 950 g/mol. The number of hydrogen-bond acceptors (Lipinski definition) is 11. The van der Waals surface area contributed by atoms with Gasteiger partial charge >= 0.3 is 5.69 Å². The molecule has 0 aliphatic carbocycles. The first kappa shape index (κ1) is 47.5. The van der Waals surface area contributed by atoms with E-state index >= 15 is 0 Å². The third kappa shape index (κ3) is 9.53. The normalized spacial score (nSPS) is 20.9. The molecular formula is C54H67N11O5. The van der Waals surface area contributed by atoms with Crippen LogP contribution in [0.5, 0.6) is 0 Å². The fourth-order valence-corrected chi connectivity index (χ4v) is 11.8. The lowest BCUT2D eigenvalue weighted by Crippen LogP contribution is -2.53. The number of rotatable bonds is 13. The molecule has 8 heterocycles. The molecule has 3 amide bonds. The van der Waals surface area contributed by atoms with Gasteiger partial charge in [0, 0.05) is 120 Å². The number of piperazine rings is 1. The predicted molar refractivity (Wildman–Crippen MR) is 271 cm³/mol. The average molecular weight is 950 g/mol. The number of aromatic nitrogens is 5. The second kappa shape index (κ2) is 20.3.